The Bertz CT molecular complexity index is 760. The number of halogens is 2. The first-order chi connectivity index (χ1) is 10.6. The normalized spacial score (nSPS) is 13.8. The van der Waals surface area contributed by atoms with Crippen molar-refractivity contribution < 1.29 is 12.8 Å². The van der Waals surface area contributed by atoms with Crippen molar-refractivity contribution in [3.05, 3.63) is 64.1 Å². The topological polar surface area (TPSA) is 34.1 Å². The largest absolute Gasteiger partial charge is 0.241 e. The third-order valence-corrected chi connectivity index (χ3v) is 5.93. The summed E-state index contributed by atoms with van der Waals surface area (Å²) in [6.45, 7) is 6.17. The van der Waals surface area contributed by atoms with Gasteiger partial charge in [0.15, 0.2) is 9.84 Å². The van der Waals surface area contributed by atoms with Gasteiger partial charge in [-0.25, -0.2) is 12.8 Å². The lowest BCUT2D eigenvalue weighted by molar-refractivity contribution is 0.374. The van der Waals surface area contributed by atoms with Gasteiger partial charge in [0.05, 0.1) is 10.6 Å². The smallest absolute Gasteiger partial charge is 0.181 e. The van der Waals surface area contributed by atoms with Crippen LogP contribution >= 0.6 is 15.9 Å². The molecule has 124 valence electrons. The molecule has 0 saturated carbocycles. The number of hydrogen-bond acceptors (Lipinski definition) is 2. The second-order valence-corrected chi connectivity index (χ2v) is 9.52. The van der Waals surface area contributed by atoms with E-state index in [0.29, 0.717) is 5.56 Å². The fourth-order valence-corrected chi connectivity index (χ4v) is 3.80. The van der Waals surface area contributed by atoms with E-state index < -0.39 is 21.8 Å². The molecule has 2 aromatic carbocycles. The van der Waals surface area contributed by atoms with Gasteiger partial charge in [0.2, 0.25) is 0 Å². The highest BCUT2D eigenvalue weighted by Crippen LogP contribution is 2.27. The summed E-state index contributed by atoms with van der Waals surface area (Å²) in [6, 6.07) is 13.3. The Morgan fingerprint density at radius 1 is 1.00 bits per heavy atom. The summed E-state index contributed by atoms with van der Waals surface area (Å²) in [6.07, 6.45) is -1.55. The Balaban J connectivity index is 2.20. The van der Waals surface area contributed by atoms with Crippen LogP contribution in [0.5, 0.6) is 0 Å². The average Bonchev–Trinajstić information content (AvgIpc) is 2.46. The molecule has 0 aliphatic heterocycles. The highest BCUT2D eigenvalue weighted by molar-refractivity contribution is 9.10. The van der Waals surface area contributed by atoms with Crippen LogP contribution in [0.4, 0.5) is 4.39 Å². The summed E-state index contributed by atoms with van der Waals surface area (Å²) >= 11 is 3.27. The molecule has 0 saturated heterocycles. The van der Waals surface area contributed by atoms with Crippen LogP contribution < -0.4 is 0 Å². The number of sulfone groups is 1. The molecule has 2 rings (SSSR count). The monoisotopic (exact) mass is 398 g/mol. The summed E-state index contributed by atoms with van der Waals surface area (Å²) in [5.41, 5.74) is 1.35. The van der Waals surface area contributed by atoms with Gasteiger partial charge in [0.1, 0.15) is 6.17 Å². The maximum atomic E-state index is 14.3. The lowest BCUT2D eigenvalue weighted by atomic mass is 9.87. The van der Waals surface area contributed by atoms with Crippen molar-refractivity contribution in [2.45, 2.75) is 37.3 Å². The molecule has 0 bridgehead atoms. The van der Waals surface area contributed by atoms with Crippen LogP contribution in [-0.2, 0) is 15.3 Å². The molecule has 1 atom stereocenters. The molecule has 5 heteroatoms. The molecular weight excluding hydrogens is 379 g/mol. The van der Waals surface area contributed by atoms with Crippen LogP contribution in [0.2, 0.25) is 0 Å². The molecule has 0 aromatic heterocycles. The Kier molecular flexibility index (Phi) is 5.31. The molecular formula is C18H20BrFO2S. The summed E-state index contributed by atoms with van der Waals surface area (Å²) < 4.78 is 39.9. The van der Waals surface area contributed by atoms with E-state index in [1.807, 2.05) is 0 Å². The predicted molar refractivity (Wildman–Crippen MR) is 95.2 cm³/mol. The maximum absolute atomic E-state index is 14.3. The van der Waals surface area contributed by atoms with Crippen LogP contribution in [0.1, 0.15) is 38.1 Å². The van der Waals surface area contributed by atoms with Crippen molar-refractivity contribution in [2.24, 2.45) is 0 Å². The van der Waals surface area contributed by atoms with Gasteiger partial charge in [-0.1, -0.05) is 61.0 Å². The molecule has 0 radical (unpaired) electrons. The first kappa shape index (κ1) is 18.1. The van der Waals surface area contributed by atoms with E-state index in [1.54, 1.807) is 48.5 Å². The van der Waals surface area contributed by atoms with Gasteiger partial charge in [0.25, 0.3) is 0 Å². The van der Waals surface area contributed by atoms with E-state index >= 15 is 0 Å². The molecule has 0 aliphatic carbocycles. The van der Waals surface area contributed by atoms with E-state index in [4.69, 9.17) is 0 Å². The number of rotatable bonds is 4. The number of alkyl halides is 1. The molecule has 0 aliphatic rings. The fraction of sp³-hybridized carbons (Fsp3) is 0.333. The molecule has 0 N–H and O–H groups in total. The van der Waals surface area contributed by atoms with E-state index in [9.17, 15) is 12.8 Å². The van der Waals surface area contributed by atoms with Gasteiger partial charge in [-0.15, -0.1) is 0 Å². The zero-order chi connectivity index (χ0) is 17.3. The predicted octanol–water partition coefficient (Wildman–Crippen LogP) is 5.23. The quantitative estimate of drug-likeness (QED) is 0.706. The van der Waals surface area contributed by atoms with Gasteiger partial charge in [-0.3, -0.25) is 0 Å². The van der Waals surface area contributed by atoms with Crippen molar-refractivity contribution in [1.82, 2.24) is 0 Å². The minimum atomic E-state index is -3.67. The third kappa shape index (κ3) is 4.64. The van der Waals surface area contributed by atoms with Gasteiger partial charge in [-0.05, 0) is 40.8 Å². The van der Waals surface area contributed by atoms with E-state index in [-0.39, 0.29) is 10.3 Å². The van der Waals surface area contributed by atoms with Crippen molar-refractivity contribution in [1.29, 1.82) is 0 Å². The van der Waals surface area contributed by atoms with Crippen molar-refractivity contribution in [3.63, 3.8) is 0 Å². The lowest BCUT2D eigenvalue weighted by Gasteiger charge is -2.19. The molecule has 0 amide bonds. The summed E-state index contributed by atoms with van der Waals surface area (Å²) in [7, 11) is -3.67. The molecule has 0 spiro atoms. The second kappa shape index (κ2) is 6.73. The third-order valence-electron chi connectivity index (χ3n) is 3.68. The van der Waals surface area contributed by atoms with E-state index in [2.05, 4.69) is 36.7 Å². The highest BCUT2D eigenvalue weighted by Gasteiger charge is 2.23. The van der Waals surface area contributed by atoms with Gasteiger partial charge < -0.3 is 0 Å². The minimum absolute atomic E-state index is 0.0532. The Morgan fingerprint density at radius 2 is 1.52 bits per heavy atom. The fourth-order valence-electron chi connectivity index (χ4n) is 2.22. The highest BCUT2D eigenvalue weighted by atomic mass is 79.9. The molecule has 0 fully saturated rings. The summed E-state index contributed by atoms with van der Waals surface area (Å²) in [4.78, 5) is 0.158. The first-order valence-electron chi connectivity index (χ1n) is 7.32. The van der Waals surface area contributed by atoms with Crippen LogP contribution in [0.25, 0.3) is 0 Å². The molecule has 1 unspecified atom stereocenters. The lowest BCUT2D eigenvalue weighted by Crippen LogP contribution is -2.14. The molecule has 2 aromatic rings. The van der Waals surface area contributed by atoms with Gasteiger partial charge >= 0.3 is 0 Å². The molecule has 2 nitrogen and oxygen atoms in total. The maximum Gasteiger partial charge on any atom is 0.181 e. The van der Waals surface area contributed by atoms with Crippen molar-refractivity contribution >= 4 is 25.8 Å². The molecule has 0 heterocycles. The van der Waals surface area contributed by atoms with Gasteiger partial charge in [0, 0.05) is 4.47 Å². The Morgan fingerprint density at radius 3 is 2.00 bits per heavy atom. The summed E-state index contributed by atoms with van der Waals surface area (Å²) in [5.74, 6) is -0.552. The van der Waals surface area contributed by atoms with Crippen molar-refractivity contribution in [2.75, 3.05) is 5.75 Å². The average molecular weight is 399 g/mol. The minimum Gasteiger partial charge on any atom is -0.241 e. The van der Waals surface area contributed by atoms with Gasteiger partial charge in [-0.2, -0.15) is 0 Å². The molecule has 23 heavy (non-hydrogen) atoms. The van der Waals surface area contributed by atoms with Crippen LogP contribution in [0.15, 0.2) is 57.9 Å². The number of hydrogen-bond donors (Lipinski definition) is 0. The number of benzene rings is 2. The summed E-state index contributed by atoms with van der Waals surface area (Å²) in [5, 5.41) is 0. The van der Waals surface area contributed by atoms with E-state index in [0.717, 1.165) is 10.0 Å². The second-order valence-electron chi connectivity index (χ2n) is 6.57. The SMILES string of the molecule is CC(C)(C)c1ccc(S(=O)(=O)CC(F)c2ccc(Br)cc2)cc1. The van der Waals surface area contributed by atoms with Crippen LogP contribution in [0.3, 0.4) is 0 Å². The Labute approximate surface area is 145 Å². The van der Waals surface area contributed by atoms with E-state index in [1.165, 1.54) is 0 Å². The van der Waals surface area contributed by atoms with Crippen LogP contribution in [-0.4, -0.2) is 14.2 Å². The standard InChI is InChI=1S/C18H20BrFO2S/c1-18(2,3)14-6-10-16(11-7-14)23(21,22)12-17(20)13-4-8-15(19)9-5-13/h4-11,17H,12H2,1-3H3. The Hall–Kier alpha value is -1.20. The van der Waals surface area contributed by atoms with Crippen molar-refractivity contribution in [3.8, 4) is 0 Å². The zero-order valence-corrected chi connectivity index (χ0v) is 15.8. The first-order valence-corrected chi connectivity index (χ1v) is 9.77. The zero-order valence-electron chi connectivity index (χ0n) is 13.4. The van der Waals surface area contributed by atoms with Crippen LogP contribution in [0, 0.1) is 0 Å².